The summed E-state index contributed by atoms with van der Waals surface area (Å²) in [6, 6.07) is 8.69. The van der Waals surface area contributed by atoms with Gasteiger partial charge in [-0.2, -0.15) is 0 Å². The predicted molar refractivity (Wildman–Crippen MR) is 81.0 cm³/mol. The number of anilines is 1. The number of hydrogen-bond donors (Lipinski definition) is 1. The SMILES string of the molecule is CCCC(COC)NC1CC(=O)N(c2ccccc2)C1=O. The third-order valence-corrected chi connectivity index (χ3v) is 3.60. The van der Waals surface area contributed by atoms with E-state index in [2.05, 4.69) is 12.2 Å². The van der Waals surface area contributed by atoms with Gasteiger partial charge in [0.2, 0.25) is 5.91 Å². The maximum Gasteiger partial charge on any atom is 0.251 e. The Morgan fingerprint density at radius 1 is 1.33 bits per heavy atom. The molecule has 2 atom stereocenters. The van der Waals surface area contributed by atoms with Crippen LogP contribution in [0.25, 0.3) is 0 Å². The summed E-state index contributed by atoms with van der Waals surface area (Å²) in [5.41, 5.74) is 0.635. The van der Waals surface area contributed by atoms with Gasteiger partial charge in [-0.25, -0.2) is 4.90 Å². The molecule has 1 aliphatic heterocycles. The van der Waals surface area contributed by atoms with Crippen LogP contribution < -0.4 is 10.2 Å². The van der Waals surface area contributed by atoms with Crippen molar-refractivity contribution >= 4 is 17.5 Å². The summed E-state index contributed by atoms with van der Waals surface area (Å²) < 4.78 is 5.17. The van der Waals surface area contributed by atoms with Crippen LogP contribution >= 0.6 is 0 Å². The van der Waals surface area contributed by atoms with Gasteiger partial charge < -0.3 is 10.1 Å². The molecule has 5 heteroatoms. The molecule has 1 aromatic rings. The number of hydrogen-bond acceptors (Lipinski definition) is 4. The second kappa shape index (κ2) is 7.33. The lowest BCUT2D eigenvalue weighted by Gasteiger charge is -2.21. The van der Waals surface area contributed by atoms with Crippen LogP contribution in [0, 0.1) is 0 Å². The van der Waals surface area contributed by atoms with Gasteiger partial charge in [-0.05, 0) is 18.6 Å². The topological polar surface area (TPSA) is 58.6 Å². The normalized spacial score (nSPS) is 20.1. The van der Waals surface area contributed by atoms with Crippen LogP contribution in [0.4, 0.5) is 5.69 Å². The summed E-state index contributed by atoms with van der Waals surface area (Å²) >= 11 is 0. The van der Waals surface area contributed by atoms with E-state index in [0.29, 0.717) is 12.3 Å². The van der Waals surface area contributed by atoms with Crippen LogP contribution in [0.2, 0.25) is 0 Å². The van der Waals surface area contributed by atoms with E-state index in [-0.39, 0.29) is 24.3 Å². The highest BCUT2D eigenvalue weighted by molar-refractivity contribution is 6.22. The van der Waals surface area contributed by atoms with Crippen molar-refractivity contribution in [3.05, 3.63) is 30.3 Å². The van der Waals surface area contributed by atoms with Crippen molar-refractivity contribution in [1.82, 2.24) is 5.32 Å². The van der Waals surface area contributed by atoms with Crippen molar-refractivity contribution in [2.45, 2.75) is 38.3 Å². The maximum absolute atomic E-state index is 12.5. The number of nitrogens with one attached hydrogen (secondary N) is 1. The van der Waals surface area contributed by atoms with E-state index in [1.54, 1.807) is 19.2 Å². The van der Waals surface area contributed by atoms with Crippen molar-refractivity contribution in [2.75, 3.05) is 18.6 Å². The van der Waals surface area contributed by atoms with Crippen molar-refractivity contribution in [2.24, 2.45) is 0 Å². The quantitative estimate of drug-likeness (QED) is 0.777. The number of carbonyl (C=O) groups excluding carboxylic acids is 2. The van der Waals surface area contributed by atoms with Gasteiger partial charge in [0, 0.05) is 13.2 Å². The summed E-state index contributed by atoms with van der Waals surface area (Å²) in [5.74, 6) is -0.334. The average Bonchev–Trinajstić information content (AvgIpc) is 2.75. The first kappa shape index (κ1) is 15.7. The molecule has 1 N–H and O–H groups in total. The lowest BCUT2D eigenvalue weighted by atomic mass is 10.1. The first-order chi connectivity index (χ1) is 10.2. The summed E-state index contributed by atoms with van der Waals surface area (Å²) in [4.78, 5) is 25.9. The molecule has 0 radical (unpaired) electrons. The molecule has 2 amide bonds. The summed E-state index contributed by atoms with van der Waals surface area (Å²) in [6.07, 6.45) is 2.12. The van der Waals surface area contributed by atoms with Gasteiger partial charge in [-0.15, -0.1) is 0 Å². The summed E-state index contributed by atoms with van der Waals surface area (Å²) in [6.45, 7) is 2.62. The molecule has 2 unspecified atom stereocenters. The molecule has 0 aliphatic carbocycles. The van der Waals surface area contributed by atoms with Gasteiger partial charge in [0.1, 0.15) is 0 Å². The number of benzene rings is 1. The van der Waals surface area contributed by atoms with Gasteiger partial charge in [0.25, 0.3) is 5.91 Å². The van der Waals surface area contributed by atoms with E-state index in [9.17, 15) is 9.59 Å². The number of ether oxygens (including phenoxy) is 1. The zero-order valence-electron chi connectivity index (χ0n) is 12.5. The van der Waals surface area contributed by atoms with Crippen LogP contribution in [-0.4, -0.2) is 37.6 Å². The number of methoxy groups -OCH3 is 1. The van der Waals surface area contributed by atoms with Crippen LogP contribution in [0.5, 0.6) is 0 Å². The molecule has 2 rings (SSSR count). The molecule has 1 aromatic carbocycles. The van der Waals surface area contributed by atoms with Crippen LogP contribution in [0.3, 0.4) is 0 Å². The zero-order chi connectivity index (χ0) is 15.2. The number of carbonyl (C=O) groups is 2. The molecule has 0 saturated carbocycles. The third kappa shape index (κ3) is 3.68. The minimum Gasteiger partial charge on any atom is -0.383 e. The molecule has 1 fully saturated rings. The maximum atomic E-state index is 12.5. The fraction of sp³-hybridized carbons (Fsp3) is 0.500. The van der Waals surface area contributed by atoms with Gasteiger partial charge in [-0.1, -0.05) is 31.5 Å². The highest BCUT2D eigenvalue weighted by atomic mass is 16.5. The van der Waals surface area contributed by atoms with Gasteiger partial charge in [0.05, 0.1) is 24.8 Å². The fourth-order valence-corrected chi connectivity index (χ4v) is 2.66. The predicted octanol–water partition coefficient (Wildman–Crippen LogP) is 1.72. The molecule has 1 saturated heterocycles. The Balaban J connectivity index is 2.07. The van der Waals surface area contributed by atoms with Crippen molar-refractivity contribution in [1.29, 1.82) is 0 Å². The van der Waals surface area contributed by atoms with E-state index >= 15 is 0 Å². The molecule has 0 bridgehead atoms. The van der Waals surface area contributed by atoms with Crippen molar-refractivity contribution in [3.8, 4) is 0 Å². The average molecular weight is 290 g/mol. The molecule has 5 nitrogen and oxygen atoms in total. The third-order valence-electron chi connectivity index (χ3n) is 3.60. The van der Waals surface area contributed by atoms with Crippen LogP contribution in [0.1, 0.15) is 26.2 Å². The highest BCUT2D eigenvalue weighted by Crippen LogP contribution is 2.22. The number of rotatable bonds is 7. The van der Waals surface area contributed by atoms with Crippen molar-refractivity contribution in [3.63, 3.8) is 0 Å². The van der Waals surface area contributed by atoms with E-state index in [1.807, 2.05) is 18.2 Å². The smallest absolute Gasteiger partial charge is 0.251 e. The number of imide groups is 1. The number of amides is 2. The lowest BCUT2D eigenvalue weighted by molar-refractivity contribution is -0.121. The second-order valence-electron chi connectivity index (χ2n) is 5.27. The van der Waals surface area contributed by atoms with E-state index in [1.165, 1.54) is 4.90 Å². The van der Waals surface area contributed by atoms with Gasteiger partial charge in [-0.3, -0.25) is 9.59 Å². The van der Waals surface area contributed by atoms with E-state index in [0.717, 1.165) is 12.8 Å². The minimum atomic E-state index is -0.454. The Kier molecular flexibility index (Phi) is 5.47. The van der Waals surface area contributed by atoms with Crippen molar-refractivity contribution < 1.29 is 14.3 Å². The molecule has 114 valence electrons. The molecule has 0 aromatic heterocycles. The second-order valence-corrected chi connectivity index (χ2v) is 5.27. The largest absolute Gasteiger partial charge is 0.383 e. The molecule has 21 heavy (non-hydrogen) atoms. The Bertz CT molecular complexity index is 484. The summed E-state index contributed by atoms with van der Waals surface area (Å²) in [7, 11) is 1.64. The summed E-state index contributed by atoms with van der Waals surface area (Å²) in [5, 5.41) is 3.26. The van der Waals surface area contributed by atoms with Gasteiger partial charge in [0.15, 0.2) is 0 Å². The Morgan fingerprint density at radius 3 is 2.67 bits per heavy atom. The van der Waals surface area contributed by atoms with Crippen LogP contribution in [0.15, 0.2) is 30.3 Å². The van der Waals surface area contributed by atoms with Crippen LogP contribution in [-0.2, 0) is 14.3 Å². The Labute approximate surface area is 125 Å². The molecule has 1 heterocycles. The Hall–Kier alpha value is -1.72. The van der Waals surface area contributed by atoms with E-state index in [4.69, 9.17) is 4.74 Å². The molecular formula is C16H22N2O3. The Morgan fingerprint density at radius 2 is 2.05 bits per heavy atom. The highest BCUT2D eigenvalue weighted by Gasteiger charge is 2.40. The van der Waals surface area contributed by atoms with E-state index < -0.39 is 6.04 Å². The molecular weight excluding hydrogens is 268 g/mol. The first-order valence-corrected chi connectivity index (χ1v) is 7.34. The minimum absolute atomic E-state index is 0.0949. The van der Waals surface area contributed by atoms with Gasteiger partial charge >= 0.3 is 0 Å². The standard InChI is InChI=1S/C16H22N2O3/c1-3-7-12(11-21-2)17-14-10-15(19)18(16(14)20)13-8-5-4-6-9-13/h4-6,8-9,12,14,17H,3,7,10-11H2,1-2H3. The molecule has 0 spiro atoms. The number of para-hydroxylation sites is 1. The fourth-order valence-electron chi connectivity index (χ4n) is 2.66. The monoisotopic (exact) mass is 290 g/mol. The zero-order valence-corrected chi connectivity index (χ0v) is 12.5. The lowest BCUT2D eigenvalue weighted by Crippen LogP contribution is -2.45. The number of nitrogens with zero attached hydrogens (tertiary/aromatic N) is 1. The first-order valence-electron chi connectivity index (χ1n) is 7.34. The molecule has 1 aliphatic rings.